The number of ether oxygens (including phenoxy) is 6. The van der Waals surface area contributed by atoms with E-state index in [4.69, 9.17) is 28.4 Å². The first-order valence-corrected chi connectivity index (χ1v) is 15.0. The maximum absolute atomic E-state index is 12.7. The Labute approximate surface area is 278 Å². The Bertz CT molecular complexity index is 1690. The van der Waals surface area contributed by atoms with Gasteiger partial charge in [-0.2, -0.15) is 0 Å². The van der Waals surface area contributed by atoms with Gasteiger partial charge < -0.3 is 28.4 Å². The molecule has 10 nitrogen and oxygen atoms in total. The zero-order valence-corrected chi connectivity index (χ0v) is 26.1. The van der Waals surface area contributed by atoms with Gasteiger partial charge in [0, 0.05) is 18.6 Å². The lowest BCUT2D eigenvalue weighted by atomic mass is 10.0. The van der Waals surface area contributed by atoms with E-state index in [0.717, 1.165) is 28.8 Å². The average molecular weight is 651 g/mol. The lowest BCUT2D eigenvalue weighted by Crippen LogP contribution is -2.10. The van der Waals surface area contributed by atoms with E-state index in [1.54, 1.807) is 60.7 Å². The number of aryl methyl sites for hydroxylation is 1. The summed E-state index contributed by atoms with van der Waals surface area (Å²) >= 11 is 0. The van der Waals surface area contributed by atoms with E-state index in [1.807, 2.05) is 36.4 Å². The van der Waals surface area contributed by atoms with Crippen LogP contribution in [0.3, 0.4) is 0 Å². The minimum Gasteiger partial charge on any atom is -0.490 e. The fourth-order valence-electron chi connectivity index (χ4n) is 4.19. The molecule has 0 amide bonds. The van der Waals surface area contributed by atoms with Gasteiger partial charge in [0.2, 0.25) is 0 Å². The Hall–Kier alpha value is -6.16. The highest BCUT2D eigenvalue weighted by Crippen LogP contribution is 2.23. The summed E-state index contributed by atoms with van der Waals surface area (Å²) < 4.78 is 31.6. The number of benzene rings is 4. The molecular formula is C38H34O10. The van der Waals surface area contributed by atoms with Crippen molar-refractivity contribution in [1.82, 2.24) is 0 Å². The van der Waals surface area contributed by atoms with Crippen LogP contribution in [0.25, 0.3) is 11.1 Å². The molecule has 0 spiro atoms. The molecule has 4 aromatic carbocycles. The Morgan fingerprint density at radius 2 is 0.958 bits per heavy atom. The summed E-state index contributed by atoms with van der Waals surface area (Å²) in [5.74, 6) is -0.0375. The smallest absolute Gasteiger partial charge is 0.343 e. The van der Waals surface area contributed by atoms with Crippen LogP contribution in [0.15, 0.2) is 122 Å². The quantitative estimate of drug-likeness (QED) is 0.0555. The van der Waals surface area contributed by atoms with Gasteiger partial charge in [0.05, 0.1) is 5.56 Å². The van der Waals surface area contributed by atoms with Gasteiger partial charge in [0.25, 0.3) is 0 Å². The highest BCUT2D eigenvalue weighted by molar-refractivity contribution is 5.91. The fourth-order valence-corrected chi connectivity index (χ4v) is 4.19. The van der Waals surface area contributed by atoms with Crippen LogP contribution >= 0.6 is 0 Å². The molecule has 246 valence electrons. The molecule has 0 atom stereocenters. The van der Waals surface area contributed by atoms with E-state index in [0.29, 0.717) is 35.0 Å². The summed E-state index contributed by atoms with van der Waals surface area (Å²) in [6, 6.07) is 28.0. The highest BCUT2D eigenvalue weighted by atomic mass is 16.6. The van der Waals surface area contributed by atoms with E-state index in [1.165, 1.54) is 0 Å². The zero-order chi connectivity index (χ0) is 34.1. The summed E-state index contributed by atoms with van der Waals surface area (Å²) in [6.07, 6.45) is 2.87. The van der Waals surface area contributed by atoms with Gasteiger partial charge in [-0.05, 0) is 83.8 Å². The molecule has 4 aromatic rings. The number of esters is 4. The van der Waals surface area contributed by atoms with Crippen molar-refractivity contribution in [2.24, 2.45) is 0 Å². The van der Waals surface area contributed by atoms with Gasteiger partial charge in [0.1, 0.15) is 49.4 Å². The molecule has 0 aromatic heterocycles. The number of hydrogen-bond acceptors (Lipinski definition) is 10. The molecule has 0 unspecified atom stereocenters. The van der Waals surface area contributed by atoms with E-state index in [-0.39, 0.29) is 38.8 Å². The normalized spacial score (nSPS) is 10.2. The molecule has 10 heteroatoms. The first-order chi connectivity index (χ1) is 23.3. The second-order valence-corrected chi connectivity index (χ2v) is 10.0. The molecule has 0 saturated heterocycles. The first-order valence-electron chi connectivity index (χ1n) is 15.0. The molecule has 0 radical (unpaired) electrons. The van der Waals surface area contributed by atoms with Crippen molar-refractivity contribution in [3.05, 3.63) is 133 Å². The highest BCUT2D eigenvalue weighted by Gasteiger charge is 2.11. The summed E-state index contributed by atoms with van der Waals surface area (Å²) in [7, 11) is 0. The number of hydrogen-bond donors (Lipinski definition) is 0. The van der Waals surface area contributed by atoms with Gasteiger partial charge in [-0.25, -0.2) is 14.4 Å². The van der Waals surface area contributed by atoms with E-state index >= 15 is 0 Å². The van der Waals surface area contributed by atoms with Crippen LogP contribution in [-0.4, -0.2) is 50.3 Å². The third-order valence-corrected chi connectivity index (χ3v) is 6.64. The molecule has 0 fully saturated rings. The third kappa shape index (κ3) is 11.3. The van der Waals surface area contributed by atoms with Crippen LogP contribution in [0.5, 0.6) is 23.0 Å². The molecule has 4 rings (SSSR count). The van der Waals surface area contributed by atoms with Crippen molar-refractivity contribution in [2.45, 2.75) is 12.8 Å². The Morgan fingerprint density at radius 3 is 1.44 bits per heavy atom. The van der Waals surface area contributed by atoms with E-state index < -0.39 is 17.9 Å². The summed E-state index contributed by atoms with van der Waals surface area (Å²) in [5.41, 5.74) is 3.25. The van der Waals surface area contributed by atoms with Gasteiger partial charge in [-0.3, -0.25) is 4.79 Å². The molecule has 48 heavy (non-hydrogen) atoms. The minimum atomic E-state index is -0.517. The lowest BCUT2D eigenvalue weighted by Gasteiger charge is -2.09. The molecule has 0 heterocycles. The van der Waals surface area contributed by atoms with Crippen LogP contribution < -0.4 is 18.9 Å². The molecule has 0 N–H and O–H groups in total. The second kappa shape index (κ2) is 18.1. The Balaban J connectivity index is 1.18. The van der Waals surface area contributed by atoms with Crippen molar-refractivity contribution < 1.29 is 47.6 Å². The van der Waals surface area contributed by atoms with Crippen molar-refractivity contribution in [1.29, 1.82) is 0 Å². The van der Waals surface area contributed by atoms with Crippen LogP contribution in [0.4, 0.5) is 0 Å². The predicted molar refractivity (Wildman–Crippen MR) is 177 cm³/mol. The van der Waals surface area contributed by atoms with Crippen LogP contribution in [-0.2, 0) is 30.3 Å². The monoisotopic (exact) mass is 650 g/mol. The molecule has 0 aliphatic carbocycles. The number of carbonyl (C=O) groups excluding carboxylic acids is 4. The molecular weight excluding hydrogens is 616 g/mol. The SMILES string of the molecule is C=CC(=O)OCCOc1ccc(OC(=O)CCc2ccc(-c3ccc(C(=O)Oc4ccc(OCCOC(=O)C=C)cc4)cc3)cc2)cc1. The topological polar surface area (TPSA) is 124 Å². The van der Waals surface area contributed by atoms with E-state index in [9.17, 15) is 19.2 Å². The van der Waals surface area contributed by atoms with Gasteiger partial charge in [-0.1, -0.05) is 49.6 Å². The molecule has 0 aliphatic rings. The minimum absolute atomic E-state index is 0.0918. The first kappa shape index (κ1) is 34.7. The van der Waals surface area contributed by atoms with Crippen molar-refractivity contribution in [3.63, 3.8) is 0 Å². The molecule has 0 saturated carbocycles. The summed E-state index contributed by atoms with van der Waals surface area (Å²) in [6.45, 7) is 7.21. The van der Waals surface area contributed by atoms with Gasteiger partial charge >= 0.3 is 23.9 Å². The fraction of sp³-hybridized carbons (Fsp3) is 0.158. The molecule has 0 aliphatic heterocycles. The number of rotatable bonds is 17. The summed E-state index contributed by atoms with van der Waals surface area (Å²) in [5, 5.41) is 0. The van der Waals surface area contributed by atoms with Crippen molar-refractivity contribution in [2.75, 3.05) is 26.4 Å². The maximum Gasteiger partial charge on any atom is 0.343 e. The predicted octanol–water partition coefficient (Wildman–Crippen LogP) is 6.33. The second-order valence-electron chi connectivity index (χ2n) is 10.0. The van der Waals surface area contributed by atoms with Gasteiger partial charge in [-0.15, -0.1) is 0 Å². The van der Waals surface area contributed by atoms with E-state index in [2.05, 4.69) is 13.2 Å². The largest absolute Gasteiger partial charge is 0.490 e. The summed E-state index contributed by atoms with van der Waals surface area (Å²) in [4.78, 5) is 47.1. The standard InChI is InChI=1S/C38H34O10/c1-3-35(39)45-25-23-43-31-14-18-33(19-15-31)47-37(41)22-7-27-5-8-28(9-6-27)29-10-12-30(13-11-29)38(42)48-34-20-16-32(17-21-34)44-24-26-46-36(40)4-2/h3-6,8-21H,1-2,7,22-26H2. The average Bonchev–Trinajstić information content (AvgIpc) is 3.12. The molecule has 0 bridgehead atoms. The Kier molecular flexibility index (Phi) is 13.1. The zero-order valence-electron chi connectivity index (χ0n) is 26.1. The Morgan fingerprint density at radius 1 is 0.521 bits per heavy atom. The van der Waals surface area contributed by atoms with Crippen molar-refractivity contribution in [3.8, 4) is 34.1 Å². The van der Waals surface area contributed by atoms with Crippen LogP contribution in [0, 0.1) is 0 Å². The van der Waals surface area contributed by atoms with Crippen molar-refractivity contribution >= 4 is 23.9 Å². The lowest BCUT2D eigenvalue weighted by molar-refractivity contribution is -0.139. The third-order valence-electron chi connectivity index (χ3n) is 6.64. The maximum atomic E-state index is 12.7. The number of carbonyl (C=O) groups is 4. The van der Waals surface area contributed by atoms with Crippen LogP contribution in [0.2, 0.25) is 0 Å². The van der Waals surface area contributed by atoms with Gasteiger partial charge in [0.15, 0.2) is 0 Å². The van der Waals surface area contributed by atoms with Crippen LogP contribution in [0.1, 0.15) is 22.3 Å².